The monoisotopic (exact) mass is 301 g/mol. The van der Waals surface area contributed by atoms with Gasteiger partial charge in [-0.3, -0.25) is 20.4 Å². The van der Waals surface area contributed by atoms with Crippen molar-refractivity contribution in [3.05, 3.63) is 0 Å². The van der Waals surface area contributed by atoms with E-state index >= 15 is 0 Å². The van der Waals surface area contributed by atoms with Gasteiger partial charge in [0.1, 0.15) is 25.8 Å². The Morgan fingerprint density at radius 2 is 1.67 bits per heavy atom. The van der Waals surface area contributed by atoms with Crippen molar-refractivity contribution < 1.29 is 19.1 Å². The predicted molar refractivity (Wildman–Crippen MR) is 77.1 cm³/mol. The van der Waals surface area contributed by atoms with E-state index in [1.807, 2.05) is 0 Å². The molecule has 0 bridgehead atoms. The fourth-order valence-corrected chi connectivity index (χ4v) is 1.14. The number of rotatable bonds is 7. The van der Waals surface area contributed by atoms with E-state index in [0.717, 1.165) is 0 Å². The van der Waals surface area contributed by atoms with Gasteiger partial charge < -0.3 is 25.0 Å². The minimum atomic E-state index is -0.604. The average Bonchev–Trinajstić information content (AvgIpc) is 2.35. The van der Waals surface area contributed by atoms with Crippen LogP contribution < -0.4 is 5.73 Å². The molecule has 0 saturated carbocycles. The molecule has 0 saturated heterocycles. The number of nitrogens with zero attached hydrogens (tertiary/aromatic N) is 2. The van der Waals surface area contributed by atoms with E-state index in [1.54, 1.807) is 20.9 Å². The molecule has 21 heavy (non-hydrogen) atoms. The Kier molecular flexibility index (Phi) is 7.80. The van der Waals surface area contributed by atoms with Crippen molar-refractivity contribution in [3.8, 4) is 0 Å². The highest BCUT2D eigenvalue weighted by Gasteiger charge is 2.15. The van der Waals surface area contributed by atoms with Crippen molar-refractivity contribution >= 4 is 23.7 Å². The van der Waals surface area contributed by atoms with E-state index in [1.165, 1.54) is 16.8 Å². The smallest absolute Gasteiger partial charge is 0.326 e. The van der Waals surface area contributed by atoms with Crippen molar-refractivity contribution in [2.24, 2.45) is 5.73 Å². The Balaban J connectivity index is 4.02. The molecule has 1 unspecified atom stereocenters. The molecule has 0 aliphatic rings. The minimum absolute atomic E-state index is 0.0386. The number of amidine groups is 1. The molecule has 0 fully saturated rings. The van der Waals surface area contributed by atoms with Gasteiger partial charge >= 0.3 is 11.9 Å². The van der Waals surface area contributed by atoms with Gasteiger partial charge in [0.05, 0.1) is 5.84 Å². The van der Waals surface area contributed by atoms with Gasteiger partial charge in [0.25, 0.3) is 0 Å². The Hall–Kier alpha value is -2.32. The lowest BCUT2D eigenvalue weighted by Gasteiger charge is -2.19. The van der Waals surface area contributed by atoms with Gasteiger partial charge in [-0.2, -0.15) is 0 Å². The second kappa shape index (κ2) is 8.77. The molecule has 120 valence electrons. The zero-order chi connectivity index (χ0) is 16.6. The summed E-state index contributed by atoms with van der Waals surface area (Å²) in [6, 6.07) is 0. The van der Waals surface area contributed by atoms with Gasteiger partial charge in [0.15, 0.2) is 5.96 Å². The summed E-state index contributed by atoms with van der Waals surface area (Å²) in [5, 5.41) is 14.4. The van der Waals surface area contributed by atoms with E-state index in [4.69, 9.17) is 26.0 Å². The number of nitrogens with two attached hydrogens (primary N) is 1. The Labute approximate surface area is 124 Å². The maximum atomic E-state index is 11.5. The van der Waals surface area contributed by atoms with Crippen molar-refractivity contribution in [1.29, 1.82) is 10.8 Å². The molecule has 1 atom stereocenters. The second-order valence-electron chi connectivity index (χ2n) is 4.67. The summed E-state index contributed by atoms with van der Waals surface area (Å²) in [6.45, 7) is 2.89. The summed E-state index contributed by atoms with van der Waals surface area (Å²) in [4.78, 5) is 25.6. The Morgan fingerprint density at radius 1 is 1.14 bits per heavy atom. The minimum Gasteiger partial charge on any atom is -0.460 e. The first-order chi connectivity index (χ1) is 9.63. The number of ether oxygens (including phenoxy) is 2. The molecule has 0 aliphatic carbocycles. The fraction of sp³-hybridized carbons (Fsp3) is 0.667. The van der Waals surface area contributed by atoms with Crippen molar-refractivity contribution in [2.45, 2.75) is 20.0 Å². The van der Waals surface area contributed by atoms with Gasteiger partial charge in [-0.25, -0.2) is 0 Å². The predicted octanol–water partition coefficient (Wildman–Crippen LogP) is -0.784. The summed E-state index contributed by atoms with van der Waals surface area (Å²) < 4.78 is 9.95. The van der Waals surface area contributed by atoms with Crippen LogP contribution in [0.4, 0.5) is 0 Å². The van der Waals surface area contributed by atoms with Crippen LogP contribution in [0, 0.1) is 10.8 Å². The third-order valence-electron chi connectivity index (χ3n) is 2.53. The Bertz CT molecular complexity index is 412. The molecule has 0 aromatic heterocycles. The average molecular weight is 301 g/mol. The third kappa shape index (κ3) is 8.45. The summed E-state index contributed by atoms with van der Waals surface area (Å²) in [5.41, 5.74) is 5.19. The number of likely N-dealkylation sites (N-methyl/N-ethyl adjacent to an activating group) is 2. The van der Waals surface area contributed by atoms with E-state index in [2.05, 4.69) is 0 Å². The highest BCUT2D eigenvalue weighted by molar-refractivity contribution is 5.82. The second-order valence-corrected chi connectivity index (χ2v) is 4.67. The number of guanidine groups is 1. The van der Waals surface area contributed by atoms with E-state index in [0.29, 0.717) is 0 Å². The van der Waals surface area contributed by atoms with Crippen LogP contribution in [0.25, 0.3) is 0 Å². The van der Waals surface area contributed by atoms with Crippen LogP contribution in [0.15, 0.2) is 0 Å². The number of esters is 2. The van der Waals surface area contributed by atoms with Crippen LogP contribution in [-0.4, -0.2) is 73.4 Å². The topological polar surface area (TPSA) is 133 Å². The van der Waals surface area contributed by atoms with Crippen LogP contribution in [0.5, 0.6) is 0 Å². The molecular formula is C12H23N5O4. The zero-order valence-corrected chi connectivity index (χ0v) is 12.8. The molecule has 4 N–H and O–H groups in total. The van der Waals surface area contributed by atoms with Crippen LogP contribution in [0.2, 0.25) is 0 Å². The first kappa shape index (κ1) is 18.7. The largest absolute Gasteiger partial charge is 0.460 e. The van der Waals surface area contributed by atoms with E-state index in [9.17, 15) is 9.59 Å². The number of hydrogen-bond acceptors (Lipinski definition) is 6. The van der Waals surface area contributed by atoms with E-state index in [-0.39, 0.29) is 31.5 Å². The molecule has 0 aromatic rings. The standard InChI is InChI=1S/C12H23N5O4/c1-8(21-11(19)6-17(4)12(14)15)7-20-10(18)5-16(3)9(2)13/h8,13H,5-7H2,1-4H3,(H3,14,15). The van der Waals surface area contributed by atoms with Crippen molar-refractivity contribution in [3.63, 3.8) is 0 Å². The molecule has 0 amide bonds. The molecule has 9 heteroatoms. The lowest BCUT2D eigenvalue weighted by molar-refractivity contribution is -0.158. The van der Waals surface area contributed by atoms with Crippen LogP contribution in [-0.2, 0) is 19.1 Å². The fourth-order valence-electron chi connectivity index (χ4n) is 1.14. The lowest BCUT2D eigenvalue weighted by Crippen LogP contribution is -2.38. The molecule has 0 spiro atoms. The SMILES string of the molecule is CC(=N)N(C)CC(=O)OCC(C)OC(=O)CN(C)C(=N)N. The van der Waals surface area contributed by atoms with Crippen LogP contribution >= 0.6 is 0 Å². The first-order valence-corrected chi connectivity index (χ1v) is 6.30. The molecule has 0 aliphatic heterocycles. The maximum Gasteiger partial charge on any atom is 0.326 e. The molecule has 0 rings (SSSR count). The maximum absolute atomic E-state index is 11.5. The van der Waals surface area contributed by atoms with Crippen molar-refractivity contribution in [1.82, 2.24) is 9.80 Å². The zero-order valence-electron chi connectivity index (χ0n) is 12.8. The van der Waals surface area contributed by atoms with E-state index < -0.39 is 18.0 Å². The number of hydrogen-bond donors (Lipinski definition) is 3. The summed E-state index contributed by atoms with van der Waals surface area (Å²) in [6.07, 6.45) is -0.604. The molecule has 9 nitrogen and oxygen atoms in total. The number of nitrogens with one attached hydrogen (secondary N) is 2. The number of carbonyl (C=O) groups excluding carboxylic acids is 2. The van der Waals surface area contributed by atoms with Crippen LogP contribution in [0.1, 0.15) is 13.8 Å². The van der Waals surface area contributed by atoms with Gasteiger partial charge in [0.2, 0.25) is 0 Å². The highest BCUT2D eigenvalue weighted by atomic mass is 16.6. The molecule has 0 aromatic carbocycles. The Morgan fingerprint density at radius 3 is 2.14 bits per heavy atom. The van der Waals surface area contributed by atoms with Crippen LogP contribution in [0.3, 0.4) is 0 Å². The number of carbonyl (C=O) groups is 2. The summed E-state index contributed by atoms with van der Waals surface area (Å²) in [7, 11) is 3.09. The summed E-state index contributed by atoms with van der Waals surface area (Å²) in [5.74, 6) is -1.06. The first-order valence-electron chi connectivity index (χ1n) is 6.30. The van der Waals surface area contributed by atoms with Gasteiger partial charge in [-0.05, 0) is 13.8 Å². The van der Waals surface area contributed by atoms with Gasteiger partial charge in [-0.15, -0.1) is 0 Å². The molecule has 0 heterocycles. The van der Waals surface area contributed by atoms with Crippen molar-refractivity contribution in [2.75, 3.05) is 33.8 Å². The molecular weight excluding hydrogens is 278 g/mol. The van der Waals surface area contributed by atoms with Gasteiger partial charge in [-0.1, -0.05) is 0 Å². The summed E-state index contributed by atoms with van der Waals surface area (Å²) >= 11 is 0. The normalized spacial score (nSPS) is 11.2. The lowest BCUT2D eigenvalue weighted by atomic mass is 10.4. The van der Waals surface area contributed by atoms with Gasteiger partial charge in [0, 0.05) is 14.1 Å². The molecule has 0 radical (unpaired) electrons. The third-order valence-corrected chi connectivity index (χ3v) is 2.53. The quantitative estimate of drug-likeness (QED) is 0.319. The highest BCUT2D eigenvalue weighted by Crippen LogP contribution is 1.96.